The fourth-order valence-electron chi connectivity index (χ4n) is 9.25. The maximum Gasteiger partial charge on any atom is 0.106 e. The van der Waals surface area contributed by atoms with Crippen LogP contribution in [0.15, 0.2) is 0 Å². The molecule has 3 N–H and O–H groups in total. The average Bonchev–Trinajstić information content (AvgIpc) is 3.62. The minimum atomic E-state index is 0.271. The molecule has 0 amide bonds. The fourth-order valence-corrected chi connectivity index (χ4v) is 9.25. The summed E-state index contributed by atoms with van der Waals surface area (Å²) in [5, 5.41) is 28.4. The summed E-state index contributed by atoms with van der Waals surface area (Å²) in [7, 11) is 0. The lowest BCUT2D eigenvalue weighted by Crippen LogP contribution is -2.57. The third kappa shape index (κ3) is 4.68. The summed E-state index contributed by atoms with van der Waals surface area (Å²) in [6.07, 6.45) is 0. The van der Waals surface area contributed by atoms with Crippen LogP contribution in [0.4, 0.5) is 0 Å². The highest BCUT2D eigenvalue weighted by atomic mass is 16.3. The molecular weight excluding hydrogens is 492 g/mol. The molecule has 9 heteroatoms. The summed E-state index contributed by atoms with van der Waals surface area (Å²) in [5.41, 5.74) is 10.5. The fraction of sp³-hybridized carbons (Fsp3) is 0.800. The molecule has 0 atom stereocenters. The summed E-state index contributed by atoms with van der Waals surface area (Å²) >= 11 is 0. The van der Waals surface area contributed by atoms with Crippen LogP contribution in [-0.2, 0) is 39.3 Å². The molecule has 3 spiro atoms. The third-order valence-electron chi connectivity index (χ3n) is 11.7. The average molecular weight is 544 g/mol. The Kier molecular flexibility index (Phi) is 7.06. The van der Waals surface area contributed by atoms with Gasteiger partial charge in [0.25, 0.3) is 0 Å². The molecule has 6 aliphatic rings. The van der Waals surface area contributed by atoms with Crippen LogP contribution in [0.1, 0.15) is 33.4 Å². The molecule has 39 heavy (non-hydrogen) atoms. The van der Waals surface area contributed by atoms with Crippen molar-refractivity contribution in [1.82, 2.24) is 14.7 Å². The van der Waals surface area contributed by atoms with Crippen LogP contribution in [0.5, 0.6) is 0 Å². The van der Waals surface area contributed by atoms with Gasteiger partial charge < -0.3 is 28.8 Å². The van der Waals surface area contributed by atoms with E-state index in [2.05, 4.69) is 14.7 Å². The molecule has 6 aliphatic heterocycles. The second-order valence-electron chi connectivity index (χ2n) is 13.9. The van der Waals surface area contributed by atoms with Gasteiger partial charge in [-0.05, 0) is 0 Å². The Labute approximate surface area is 234 Å². The van der Waals surface area contributed by atoms with Gasteiger partial charge in [0.05, 0.1) is 59.1 Å². The van der Waals surface area contributed by atoms with Gasteiger partial charge in [0.2, 0.25) is 0 Å². The van der Waals surface area contributed by atoms with Gasteiger partial charge in [-0.15, -0.1) is 0 Å². The van der Waals surface area contributed by atoms with E-state index >= 15 is 0 Å². The number of hydrogen-bond acceptors (Lipinski definition) is 6. The predicted molar refractivity (Wildman–Crippen MR) is 149 cm³/mol. The molecule has 0 radical (unpaired) electrons. The molecule has 3 saturated heterocycles. The number of aliphatic hydroxyl groups excluding tert-OH is 3. The van der Waals surface area contributed by atoms with Gasteiger partial charge >= 0.3 is 0 Å². The first-order valence-corrected chi connectivity index (χ1v) is 15.7. The van der Waals surface area contributed by atoms with Gasteiger partial charge in [-0.25, -0.2) is 0 Å². The first kappa shape index (κ1) is 26.7. The van der Waals surface area contributed by atoms with E-state index in [1.807, 2.05) is 0 Å². The van der Waals surface area contributed by atoms with E-state index in [-0.39, 0.29) is 19.8 Å². The second kappa shape index (κ2) is 10.3. The van der Waals surface area contributed by atoms with Crippen molar-refractivity contribution in [3.05, 3.63) is 33.4 Å². The highest BCUT2D eigenvalue weighted by Gasteiger charge is 2.52. The molecule has 0 aromatic heterocycles. The quantitative estimate of drug-likeness (QED) is 0.405. The lowest BCUT2D eigenvalue weighted by atomic mass is 9.90. The van der Waals surface area contributed by atoms with Crippen LogP contribution in [0.3, 0.4) is 0 Å². The Hall–Kier alpha value is -1.14. The molecule has 9 nitrogen and oxygen atoms in total. The maximum atomic E-state index is 9.48. The second-order valence-corrected chi connectivity index (χ2v) is 13.9. The smallest absolute Gasteiger partial charge is 0.106 e. The molecule has 0 bridgehead atoms. The summed E-state index contributed by atoms with van der Waals surface area (Å²) in [5.74, 6) is 0. The Balaban J connectivity index is 1.19. The van der Waals surface area contributed by atoms with E-state index < -0.39 is 0 Å². The molecule has 1 aromatic rings. The number of aliphatic hydroxyl groups is 3. The number of quaternary nitrogens is 3. The Morgan fingerprint density at radius 1 is 0.385 bits per heavy atom. The van der Waals surface area contributed by atoms with Gasteiger partial charge in [0, 0.05) is 92.3 Å². The lowest BCUT2D eigenvalue weighted by molar-refractivity contribution is -0.953. The molecule has 0 aliphatic carbocycles. The van der Waals surface area contributed by atoms with Crippen LogP contribution < -0.4 is 0 Å². The van der Waals surface area contributed by atoms with Gasteiger partial charge in [0.15, 0.2) is 0 Å². The number of β-amino-alcohol motifs (C(OH)–C–C–N with tert-alkyl or cyclic N) is 3. The van der Waals surface area contributed by atoms with Crippen molar-refractivity contribution in [2.24, 2.45) is 0 Å². The Morgan fingerprint density at radius 3 is 0.769 bits per heavy atom. The predicted octanol–water partition coefficient (Wildman–Crippen LogP) is -0.898. The van der Waals surface area contributed by atoms with Gasteiger partial charge in [-0.3, -0.25) is 14.7 Å². The molecular formula is C30H51N6O3+3. The summed E-state index contributed by atoms with van der Waals surface area (Å²) in [6, 6.07) is 0. The molecule has 6 heterocycles. The number of hydrogen-bond donors (Lipinski definition) is 3. The molecule has 3 fully saturated rings. The lowest BCUT2D eigenvalue weighted by Gasteiger charge is -2.42. The summed E-state index contributed by atoms with van der Waals surface area (Å²) < 4.78 is 3.69. The van der Waals surface area contributed by atoms with E-state index in [1.54, 1.807) is 33.4 Å². The highest BCUT2D eigenvalue weighted by Crippen LogP contribution is 2.48. The van der Waals surface area contributed by atoms with Crippen molar-refractivity contribution >= 4 is 0 Å². The van der Waals surface area contributed by atoms with E-state index in [1.165, 1.54) is 92.0 Å². The molecule has 0 saturated carbocycles. The van der Waals surface area contributed by atoms with Gasteiger partial charge in [0.1, 0.15) is 39.3 Å². The SMILES string of the molecule is OCCN1CC[N+]2(CC1)Cc1c3c(c4c(c1C2)C[N+]1(CCN(CCO)CC1)C4)C[N+]1(CCN(CCO)CC1)C3. The third-order valence-corrected chi connectivity index (χ3v) is 11.7. The van der Waals surface area contributed by atoms with E-state index in [0.29, 0.717) is 0 Å². The number of rotatable bonds is 6. The highest BCUT2D eigenvalue weighted by molar-refractivity contribution is 5.54. The first-order valence-electron chi connectivity index (χ1n) is 15.7. The largest absolute Gasteiger partial charge is 0.395 e. The molecule has 7 rings (SSSR count). The number of fused-ring (bicyclic) bond motifs is 6. The number of benzene rings is 1. The number of nitrogens with zero attached hydrogens (tertiary/aromatic N) is 6. The van der Waals surface area contributed by atoms with Gasteiger partial charge in [-0.1, -0.05) is 0 Å². The zero-order valence-electron chi connectivity index (χ0n) is 24.0. The van der Waals surface area contributed by atoms with Crippen LogP contribution in [-0.4, -0.2) is 161 Å². The van der Waals surface area contributed by atoms with Crippen molar-refractivity contribution in [2.75, 3.05) is 118 Å². The monoisotopic (exact) mass is 543 g/mol. The van der Waals surface area contributed by atoms with Crippen molar-refractivity contribution in [3.63, 3.8) is 0 Å². The normalized spacial score (nSPS) is 27.5. The van der Waals surface area contributed by atoms with E-state index in [0.717, 1.165) is 58.9 Å². The van der Waals surface area contributed by atoms with Crippen molar-refractivity contribution in [3.8, 4) is 0 Å². The molecule has 1 aromatic carbocycles. The van der Waals surface area contributed by atoms with Crippen molar-refractivity contribution in [1.29, 1.82) is 0 Å². The minimum Gasteiger partial charge on any atom is -0.395 e. The zero-order valence-corrected chi connectivity index (χ0v) is 24.0. The topological polar surface area (TPSA) is 70.4 Å². The van der Waals surface area contributed by atoms with Crippen molar-refractivity contribution < 1.29 is 28.8 Å². The van der Waals surface area contributed by atoms with Crippen molar-refractivity contribution in [2.45, 2.75) is 39.3 Å². The first-order chi connectivity index (χ1) is 19.0. The molecule has 0 unspecified atom stereocenters. The van der Waals surface area contributed by atoms with E-state index in [9.17, 15) is 15.3 Å². The van der Waals surface area contributed by atoms with Crippen LogP contribution >= 0.6 is 0 Å². The maximum absolute atomic E-state index is 9.48. The summed E-state index contributed by atoms with van der Waals surface area (Å²) in [6.45, 7) is 24.5. The number of piperazine rings is 3. The Morgan fingerprint density at radius 2 is 0.590 bits per heavy atom. The standard InChI is InChI=1S/C30H51N6O3/c37-16-7-31-1-10-34(11-2-31)19-25-26(20-34)28-22-36(14-5-33(6-15-36)9-18-39)24-30(28)29-23-35(21-27(25)29)12-3-32(4-13-35)8-17-38/h37-39H,1-24H2/q+3. The van der Waals surface area contributed by atoms with Crippen LogP contribution in [0.2, 0.25) is 0 Å². The zero-order chi connectivity index (χ0) is 26.7. The van der Waals surface area contributed by atoms with Gasteiger partial charge in [-0.2, -0.15) is 0 Å². The minimum absolute atomic E-state index is 0.271. The molecule has 216 valence electrons. The van der Waals surface area contributed by atoms with E-state index in [4.69, 9.17) is 0 Å². The Bertz CT molecular complexity index is 867. The van der Waals surface area contributed by atoms with Crippen LogP contribution in [0, 0.1) is 0 Å². The van der Waals surface area contributed by atoms with Crippen LogP contribution in [0.25, 0.3) is 0 Å². The summed E-state index contributed by atoms with van der Waals surface area (Å²) in [4.78, 5) is 7.37.